The number of fused-ring (bicyclic) bond motifs is 1. The average molecular weight is 399 g/mol. The zero-order valence-electron chi connectivity index (χ0n) is 11.8. The molecular formula is C15H15Cl4NOS. The molecule has 1 aromatic carbocycles. The van der Waals surface area contributed by atoms with E-state index in [-0.39, 0.29) is 18.5 Å². The number of ether oxygens (including phenoxy) is 1. The van der Waals surface area contributed by atoms with Crippen LogP contribution in [0.4, 0.5) is 0 Å². The van der Waals surface area contributed by atoms with Crippen molar-refractivity contribution in [3.63, 3.8) is 0 Å². The summed E-state index contributed by atoms with van der Waals surface area (Å²) in [6.07, 6.45) is 0.905. The third-order valence-corrected chi connectivity index (χ3v) is 5.52. The molecule has 7 heteroatoms. The Hall–Kier alpha value is -0.160. The van der Waals surface area contributed by atoms with Gasteiger partial charge in [-0.05, 0) is 25.2 Å². The van der Waals surface area contributed by atoms with E-state index in [1.807, 2.05) is 12.1 Å². The number of benzene rings is 1. The molecule has 0 saturated carbocycles. The van der Waals surface area contributed by atoms with Crippen LogP contribution in [0, 0.1) is 0 Å². The lowest BCUT2D eigenvalue weighted by atomic mass is 10.1. The van der Waals surface area contributed by atoms with Gasteiger partial charge in [0.25, 0.3) is 0 Å². The maximum atomic E-state index is 6.17. The van der Waals surface area contributed by atoms with Crippen molar-refractivity contribution in [2.24, 2.45) is 0 Å². The van der Waals surface area contributed by atoms with E-state index >= 15 is 0 Å². The molecule has 0 fully saturated rings. The number of rotatable bonds is 2. The summed E-state index contributed by atoms with van der Waals surface area (Å²) in [7, 11) is 2.11. The van der Waals surface area contributed by atoms with Gasteiger partial charge in [0.15, 0.2) is 0 Å². The molecule has 1 atom stereocenters. The van der Waals surface area contributed by atoms with Crippen LogP contribution in [0.15, 0.2) is 24.3 Å². The van der Waals surface area contributed by atoms with Gasteiger partial charge >= 0.3 is 0 Å². The lowest BCUT2D eigenvalue weighted by Crippen LogP contribution is -2.17. The van der Waals surface area contributed by atoms with E-state index in [0.29, 0.717) is 10.0 Å². The molecule has 2 nitrogen and oxygen atoms in total. The van der Waals surface area contributed by atoms with E-state index in [9.17, 15) is 0 Å². The molecule has 0 amide bonds. The largest absolute Gasteiger partial charge is 0.486 e. The van der Waals surface area contributed by atoms with Crippen LogP contribution >= 0.6 is 58.5 Å². The summed E-state index contributed by atoms with van der Waals surface area (Å²) in [5.41, 5.74) is 1.18. The molecule has 0 spiro atoms. The van der Waals surface area contributed by atoms with E-state index < -0.39 is 0 Å². The van der Waals surface area contributed by atoms with Crippen LogP contribution in [-0.4, -0.2) is 18.5 Å². The molecule has 0 aliphatic carbocycles. The summed E-state index contributed by atoms with van der Waals surface area (Å²) in [5.74, 6) is 0.729. The molecule has 0 bridgehead atoms. The first-order valence-corrected chi connectivity index (χ1v) is 8.56. The van der Waals surface area contributed by atoms with Crippen molar-refractivity contribution < 1.29 is 4.74 Å². The van der Waals surface area contributed by atoms with Gasteiger partial charge in [-0.3, -0.25) is 0 Å². The SMILES string of the molecule is CN1CCC(Oc2ccc(Cl)c(Cl)c2)c2cc(Cl)sc2C1.Cl. The number of halogens is 4. The first kappa shape index (κ1) is 18.2. The van der Waals surface area contributed by atoms with Crippen molar-refractivity contribution in [2.75, 3.05) is 13.6 Å². The molecule has 2 aromatic rings. The van der Waals surface area contributed by atoms with Crippen molar-refractivity contribution >= 4 is 58.5 Å². The Bertz CT molecular complexity index is 661. The highest BCUT2D eigenvalue weighted by molar-refractivity contribution is 7.16. The minimum absolute atomic E-state index is 0. The van der Waals surface area contributed by atoms with E-state index in [0.717, 1.165) is 29.6 Å². The number of hydrogen-bond donors (Lipinski definition) is 0. The summed E-state index contributed by atoms with van der Waals surface area (Å²) in [4.78, 5) is 3.55. The van der Waals surface area contributed by atoms with E-state index in [2.05, 4.69) is 11.9 Å². The topological polar surface area (TPSA) is 12.5 Å². The standard InChI is InChI=1S/C15H14Cl3NOS.ClH/c1-19-5-4-13(10-7-15(18)21-14(10)8-19)20-9-2-3-11(16)12(17)6-9;/h2-3,6-7,13H,4-5,8H2,1H3;1H. The molecule has 0 radical (unpaired) electrons. The van der Waals surface area contributed by atoms with Crippen LogP contribution in [0.1, 0.15) is 23.0 Å². The molecule has 3 rings (SSSR count). The van der Waals surface area contributed by atoms with Gasteiger partial charge in [0.2, 0.25) is 0 Å². The first-order chi connectivity index (χ1) is 10.0. The van der Waals surface area contributed by atoms with Gasteiger partial charge in [-0.1, -0.05) is 34.8 Å². The fraction of sp³-hybridized carbons (Fsp3) is 0.333. The molecule has 0 N–H and O–H groups in total. The van der Waals surface area contributed by atoms with Gasteiger partial charge in [0, 0.05) is 36.0 Å². The second kappa shape index (κ2) is 7.61. The first-order valence-electron chi connectivity index (χ1n) is 6.61. The summed E-state index contributed by atoms with van der Waals surface area (Å²) in [5, 5.41) is 1.03. The van der Waals surface area contributed by atoms with Crippen LogP contribution in [0.3, 0.4) is 0 Å². The van der Waals surface area contributed by atoms with Gasteiger partial charge in [-0.25, -0.2) is 0 Å². The molecule has 0 saturated heterocycles. The Labute approximate surface area is 155 Å². The fourth-order valence-electron chi connectivity index (χ4n) is 2.46. The third-order valence-electron chi connectivity index (χ3n) is 3.51. The highest BCUT2D eigenvalue weighted by Gasteiger charge is 2.25. The second-order valence-corrected chi connectivity index (χ2v) is 7.72. The summed E-state index contributed by atoms with van der Waals surface area (Å²) in [6, 6.07) is 7.37. The Balaban J connectivity index is 0.00000176. The average Bonchev–Trinajstić information content (AvgIpc) is 2.72. The van der Waals surface area contributed by atoms with Crippen LogP contribution in [0.5, 0.6) is 5.75 Å². The van der Waals surface area contributed by atoms with Gasteiger partial charge in [-0.2, -0.15) is 0 Å². The third kappa shape index (κ3) is 4.02. The van der Waals surface area contributed by atoms with Gasteiger partial charge in [0.1, 0.15) is 11.9 Å². The highest BCUT2D eigenvalue weighted by atomic mass is 35.5. The van der Waals surface area contributed by atoms with E-state index in [4.69, 9.17) is 39.5 Å². The molecular weight excluding hydrogens is 384 g/mol. The number of hydrogen-bond acceptors (Lipinski definition) is 3. The van der Waals surface area contributed by atoms with Gasteiger partial charge in [0.05, 0.1) is 14.4 Å². The minimum Gasteiger partial charge on any atom is -0.486 e. The molecule has 1 aliphatic heterocycles. The summed E-state index contributed by atoms with van der Waals surface area (Å²) >= 11 is 19.8. The van der Waals surface area contributed by atoms with Crippen molar-refractivity contribution in [3.8, 4) is 5.75 Å². The van der Waals surface area contributed by atoms with Crippen molar-refractivity contribution in [3.05, 3.63) is 49.1 Å². The van der Waals surface area contributed by atoms with Crippen LogP contribution < -0.4 is 4.74 Å². The van der Waals surface area contributed by atoms with Crippen LogP contribution in [-0.2, 0) is 6.54 Å². The Morgan fingerprint density at radius 3 is 2.68 bits per heavy atom. The van der Waals surface area contributed by atoms with Gasteiger partial charge in [-0.15, -0.1) is 23.7 Å². The van der Waals surface area contributed by atoms with Crippen molar-refractivity contribution in [2.45, 2.75) is 19.1 Å². The van der Waals surface area contributed by atoms with E-state index in [1.165, 1.54) is 10.4 Å². The Kier molecular flexibility index (Phi) is 6.29. The predicted molar refractivity (Wildman–Crippen MR) is 97.4 cm³/mol. The lowest BCUT2D eigenvalue weighted by molar-refractivity contribution is 0.182. The zero-order valence-corrected chi connectivity index (χ0v) is 15.7. The molecule has 1 aliphatic rings. The van der Waals surface area contributed by atoms with Crippen LogP contribution in [0.25, 0.3) is 0 Å². The Morgan fingerprint density at radius 2 is 1.95 bits per heavy atom. The zero-order chi connectivity index (χ0) is 15.0. The molecule has 22 heavy (non-hydrogen) atoms. The smallest absolute Gasteiger partial charge is 0.126 e. The maximum absolute atomic E-state index is 6.17. The normalized spacial score (nSPS) is 18.3. The fourth-order valence-corrected chi connectivity index (χ4v) is 4.16. The lowest BCUT2D eigenvalue weighted by Gasteiger charge is -2.18. The molecule has 2 heterocycles. The molecule has 1 aromatic heterocycles. The number of thiophene rings is 1. The minimum atomic E-state index is -0.00839. The van der Waals surface area contributed by atoms with Crippen molar-refractivity contribution in [1.82, 2.24) is 4.90 Å². The monoisotopic (exact) mass is 397 g/mol. The second-order valence-electron chi connectivity index (χ2n) is 5.14. The highest BCUT2D eigenvalue weighted by Crippen LogP contribution is 2.38. The summed E-state index contributed by atoms with van der Waals surface area (Å²) in [6.45, 7) is 1.89. The Morgan fingerprint density at radius 1 is 1.18 bits per heavy atom. The molecule has 120 valence electrons. The number of nitrogens with zero attached hydrogens (tertiary/aromatic N) is 1. The van der Waals surface area contributed by atoms with Gasteiger partial charge < -0.3 is 9.64 Å². The quantitative estimate of drug-likeness (QED) is 0.607. The predicted octanol–water partition coefficient (Wildman–Crippen LogP) is 6.09. The van der Waals surface area contributed by atoms with Crippen LogP contribution in [0.2, 0.25) is 14.4 Å². The maximum Gasteiger partial charge on any atom is 0.126 e. The molecule has 1 unspecified atom stereocenters. The summed E-state index contributed by atoms with van der Waals surface area (Å²) < 4.78 is 6.94. The van der Waals surface area contributed by atoms with E-state index in [1.54, 1.807) is 23.5 Å². The van der Waals surface area contributed by atoms with Crippen molar-refractivity contribution in [1.29, 1.82) is 0 Å².